The number of benzene rings is 2. The zero-order valence-electron chi connectivity index (χ0n) is 12.4. The highest BCUT2D eigenvalue weighted by molar-refractivity contribution is 8.00. The van der Waals surface area contributed by atoms with Gasteiger partial charge in [0.2, 0.25) is 5.91 Å². The van der Waals surface area contributed by atoms with E-state index >= 15 is 0 Å². The van der Waals surface area contributed by atoms with E-state index in [1.54, 1.807) is 11.8 Å². The zero-order valence-corrected chi connectivity index (χ0v) is 14.0. The summed E-state index contributed by atoms with van der Waals surface area (Å²) in [6.07, 6.45) is 2.05. The third kappa shape index (κ3) is 4.15. The second-order valence-electron chi connectivity index (χ2n) is 5.54. The summed E-state index contributed by atoms with van der Waals surface area (Å²) < 4.78 is 0. The molecule has 1 heterocycles. The molecule has 1 atom stereocenters. The summed E-state index contributed by atoms with van der Waals surface area (Å²) in [6.45, 7) is 1.56. The standard InChI is InChI=1S/C17H20N2OS.ClH/c18-15-6-3-9-19(11-15)17(20)12-21-16-8-7-13-4-1-2-5-14(13)10-16;/h1-2,4-5,7-8,10,15H,3,6,9,11-12,18H2;1H. The van der Waals surface area contributed by atoms with Gasteiger partial charge in [0.15, 0.2) is 0 Å². The average molecular weight is 337 g/mol. The van der Waals surface area contributed by atoms with Gasteiger partial charge in [-0.2, -0.15) is 0 Å². The maximum absolute atomic E-state index is 12.2. The molecule has 3 nitrogen and oxygen atoms in total. The molecule has 1 amide bonds. The second-order valence-corrected chi connectivity index (χ2v) is 6.59. The van der Waals surface area contributed by atoms with Gasteiger partial charge in [0.05, 0.1) is 5.75 Å². The SMILES string of the molecule is Cl.NC1CCCN(C(=O)CSc2ccc3ccccc3c2)C1. The summed E-state index contributed by atoms with van der Waals surface area (Å²) in [6, 6.07) is 14.8. The Morgan fingerprint density at radius 3 is 2.77 bits per heavy atom. The topological polar surface area (TPSA) is 46.3 Å². The number of halogens is 1. The first kappa shape index (κ1) is 17.1. The van der Waals surface area contributed by atoms with Crippen molar-refractivity contribution in [1.29, 1.82) is 0 Å². The van der Waals surface area contributed by atoms with Crippen LogP contribution in [-0.2, 0) is 4.79 Å². The number of piperidine rings is 1. The van der Waals surface area contributed by atoms with Crippen LogP contribution in [0.25, 0.3) is 10.8 Å². The first-order valence-electron chi connectivity index (χ1n) is 7.37. The lowest BCUT2D eigenvalue weighted by Gasteiger charge is -2.30. The van der Waals surface area contributed by atoms with Crippen molar-refractivity contribution in [2.45, 2.75) is 23.8 Å². The smallest absolute Gasteiger partial charge is 0.232 e. The van der Waals surface area contributed by atoms with Crippen molar-refractivity contribution >= 4 is 40.8 Å². The van der Waals surface area contributed by atoms with Gasteiger partial charge in [0, 0.05) is 24.0 Å². The third-order valence-electron chi connectivity index (χ3n) is 3.89. The number of likely N-dealkylation sites (tertiary alicyclic amines) is 1. The van der Waals surface area contributed by atoms with Crippen molar-refractivity contribution in [2.24, 2.45) is 5.73 Å². The lowest BCUT2D eigenvalue weighted by Crippen LogP contribution is -2.46. The van der Waals surface area contributed by atoms with Gasteiger partial charge in [-0.25, -0.2) is 0 Å². The van der Waals surface area contributed by atoms with E-state index in [1.807, 2.05) is 17.0 Å². The molecule has 0 aromatic heterocycles. The van der Waals surface area contributed by atoms with Crippen molar-refractivity contribution in [3.8, 4) is 0 Å². The molecule has 22 heavy (non-hydrogen) atoms. The Hall–Kier alpha value is -1.23. The number of carbonyl (C=O) groups excluding carboxylic acids is 1. The number of rotatable bonds is 3. The van der Waals surface area contributed by atoms with Crippen molar-refractivity contribution in [2.75, 3.05) is 18.8 Å². The van der Waals surface area contributed by atoms with Crippen molar-refractivity contribution in [1.82, 2.24) is 4.90 Å². The van der Waals surface area contributed by atoms with Crippen molar-refractivity contribution in [3.63, 3.8) is 0 Å². The van der Waals surface area contributed by atoms with Gasteiger partial charge in [-0.3, -0.25) is 4.79 Å². The van der Waals surface area contributed by atoms with Crippen LogP contribution in [0.15, 0.2) is 47.4 Å². The first-order chi connectivity index (χ1) is 10.2. The molecule has 1 unspecified atom stereocenters. The van der Waals surface area contributed by atoms with E-state index in [4.69, 9.17) is 5.73 Å². The minimum absolute atomic E-state index is 0. The van der Waals surface area contributed by atoms with E-state index < -0.39 is 0 Å². The molecular weight excluding hydrogens is 316 g/mol. The monoisotopic (exact) mass is 336 g/mol. The summed E-state index contributed by atoms with van der Waals surface area (Å²) in [5.74, 6) is 0.689. The van der Waals surface area contributed by atoms with E-state index in [-0.39, 0.29) is 24.4 Å². The lowest BCUT2D eigenvalue weighted by atomic mass is 10.1. The van der Waals surface area contributed by atoms with Crippen LogP contribution in [0, 0.1) is 0 Å². The molecule has 0 aliphatic carbocycles. The fourth-order valence-corrected chi connectivity index (χ4v) is 3.58. The summed E-state index contributed by atoms with van der Waals surface area (Å²) >= 11 is 1.61. The highest BCUT2D eigenvalue weighted by Gasteiger charge is 2.20. The number of hydrogen-bond acceptors (Lipinski definition) is 3. The number of carbonyl (C=O) groups is 1. The summed E-state index contributed by atoms with van der Waals surface area (Å²) in [5, 5.41) is 2.45. The molecule has 2 aromatic rings. The van der Waals surface area contributed by atoms with Crippen LogP contribution < -0.4 is 5.73 Å². The minimum atomic E-state index is 0. The van der Waals surface area contributed by atoms with Crippen molar-refractivity contribution < 1.29 is 4.79 Å². The van der Waals surface area contributed by atoms with Gasteiger partial charge in [0.1, 0.15) is 0 Å². The molecule has 1 aliphatic rings. The van der Waals surface area contributed by atoms with Crippen LogP contribution in [0.5, 0.6) is 0 Å². The van der Waals surface area contributed by atoms with Crippen LogP contribution in [0.3, 0.4) is 0 Å². The molecule has 2 aromatic carbocycles. The zero-order chi connectivity index (χ0) is 14.7. The second kappa shape index (κ2) is 7.86. The maximum Gasteiger partial charge on any atom is 0.232 e. The molecule has 1 fully saturated rings. The number of nitrogens with zero attached hydrogens (tertiary/aromatic N) is 1. The Bertz CT molecular complexity index is 649. The molecule has 3 rings (SSSR count). The Morgan fingerprint density at radius 1 is 1.23 bits per heavy atom. The highest BCUT2D eigenvalue weighted by Crippen LogP contribution is 2.24. The van der Waals surface area contributed by atoms with Crippen molar-refractivity contribution in [3.05, 3.63) is 42.5 Å². The van der Waals surface area contributed by atoms with E-state index in [2.05, 4.69) is 30.3 Å². The van der Waals surface area contributed by atoms with E-state index in [1.165, 1.54) is 10.8 Å². The van der Waals surface area contributed by atoms with Crippen LogP contribution in [-0.4, -0.2) is 35.7 Å². The van der Waals surface area contributed by atoms with E-state index in [0.29, 0.717) is 12.3 Å². The van der Waals surface area contributed by atoms with Gasteiger partial charge in [-0.1, -0.05) is 30.3 Å². The number of fused-ring (bicyclic) bond motifs is 1. The molecule has 0 bridgehead atoms. The third-order valence-corrected chi connectivity index (χ3v) is 4.87. The first-order valence-corrected chi connectivity index (χ1v) is 8.36. The molecule has 118 valence electrons. The van der Waals surface area contributed by atoms with E-state index in [9.17, 15) is 4.79 Å². The Morgan fingerprint density at radius 2 is 2.00 bits per heavy atom. The van der Waals surface area contributed by atoms with E-state index in [0.717, 1.165) is 24.3 Å². The quantitative estimate of drug-likeness (QED) is 0.875. The minimum Gasteiger partial charge on any atom is -0.340 e. The van der Waals surface area contributed by atoms with Gasteiger partial charge in [0.25, 0.3) is 0 Å². The predicted octanol–water partition coefficient (Wildman–Crippen LogP) is 3.30. The fourth-order valence-electron chi connectivity index (χ4n) is 2.73. The molecule has 1 saturated heterocycles. The summed E-state index contributed by atoms with van der Waals surface area (Å²) in [5.41, 5.74) is 5.93. The van der Waals surface area contributed by atoms with Crippen LogP contribution in [0.4, 0.5) is 0 Å². The lowest BCUT2D eigenvalue weighted by molar-refractivity contribution is -0.129. The average Bonchev–Trinajstić information content (AvgIpc) is 2.52. The van der Waals surface area contributed by atoms with Gasteiger partial charge < -0.3 is 10.6 Å². The number of nitrogens with two attached hydrogens (primary N) is 1. The van der Waals surface area contributed by atoms with Crippen LogP contribution >= 0.6 is 24.2 Å². The molecule has 0 spiro atoms. The molecule has 1 aliphatic heterocycles. The summed E-state index contributed by atoms with van der Waals surface area (Å²) in [4.78, 5) is 15.3. The Kier molecular flexibility index (Phi) is 6.12. The Labute approximate surface area is 141 Å². The Balaban J connectivity index is 0.00000176. The number of hydrogen-bond donors (Lipinski definition) is 1. The highest BCUT2D eigenvalue weighted by atomic mass is 35.5. The summed E-state index contributed by atoms with van der Waals surface area (Å²) in [7, 11) is 0. The van der Waals surface area contributed by atoms with Crippen LogP contribution in [0.1, 0.15) is 12.8 Å². The van der Waals surface area contributed by atoms with Gasteiger partial charge in [-0.15, -0.1) is 24.2 Å². The predicted molar refractivity (Wildman–Crippen MR) is 95.7 cm³/mol. The maximum atomic E-state index is 12.2. The molecule has 0 radical (unpaired) electrons. The van der Waals surface area contributed by atoms with Crippen LogP contribution in [0.2, 0.25) is 0 Å². The molecule has 2 N–H and O–H groups in total. The number of amides is 1. The molecular formula is C17H21ClN2OS. The van der Waals surface area contributed by atoms with Gasteiger partial charge >= 0.3 is 0 Å². The number of thioether (sulfide) groups is 1. The normalized spacial score (nSPS) is 18.0. The largest absolute Gasteiger partial charge is 0.340 e. The molecule has 0 saturated carbocycles. The molecule has 5 heteroatoms. The van der Waals surface area contributed by atoms with Gasteiger partial charge in [-0.05, 0) is 35.7 Å². The fraction of sp³-hybridized carbons (Fsp3) is 0.353.